The molecule has 0 radical (unpaired) electrons. The fourth-order valence-electron chi connectivity index (χ4n) is 2.18. The maximum absolute atomic E-state index is 11.6. The van der Waals surface area contributed by atoms with Crippen molar-refractivity contribution in [3.05, 3.63) is 12.2 Å². The Bertz CT molecular complexity index is 262. The quantitative estimate of drug-likeness (QED) is 0.386. The standard InChI is InChI=1S/C18H36N2O/c1-4-5-6-7-8-9-10-11-12-13-15-18(21)19-16-14-17-20(2)3/h9-10H,4-8,11-17H2,1-3H3,(H,19,21). The first-order valence-corrected chi connectivity index (χ1v) is 8.73. The van der Waals surface area contributed by atoms with Crippen LogP contribution in [0.5, 0.6) is 0 Å². The molecule has 0 rings (SSSR count). The van der Waals surface area contributed by atoms with Gasteiger partial charge in [-0.1, -0.05) is 38.3 Å². The van der Waals surface area contributed by atoms with Crippen molar-refractivity contribution in [3.8, 4) is 0 Å². The predicted octanol–water partition coefficient (Wildman–Crippen LogP) is 4.14. The number of allylic oxidation sites excluding steroid dienone is 2. The number of hydrogen-bond donors (Lipinski definition) is 1. The molecule has 0 aliphatic rings. The van der Waals surface area contributed by atoms with Gasteiger partial charge in [-0.05, 0) is 59.2 Å². The molecule has 0 fully saturated rings. The van der Waals surface area contributed by atoms with E-state index in [1.54, 1.807) is 0 Å². The number of rotatable bonds is 14. The molecule has 3 heteroatoms. The lowest BCUT2D eigenvalue weighted by Gasteiger charge is -2.09. The average Bonchev–Trinajstić information content (AvgIpc) is 2.45. The highest BCUT2D eigenvalue weighted by molar-refractivity contribution is 5.75. The molecule has 0 atom stereocenters. The summed E-state index contributed by atoms with van der Waals surface area (Å²) in [5, 5.41) is 2.99. The van der Waals surface area contributed by atoms with Crippen molar-refractivity contribution in [2.45, 2.75) is 71.1 Å². The predicted molar refractivity (Wildman–Crippen MR) is 92.5 cm³/mol. The summed E-state index contributed by atoms with van der Waals surface area (Å²) in [6, 6.07) is 0. The van der Waals surface area contributed by atoms with Crippen LogP contribution in [0.25, 0.3) is 0 Å². The maximum Gasteiger partial charge on any atom is 0.219 e. The summed E-state index contributed by atoms with van der Waals surface area (Å²) >= 11 is 0. The molecule has 124 valence electrons. The number of carbonyl (C=O) groups is 1. The van der Waals surface area contributed by atoms with E-state index < -0.39 is 0 Å². The third-order valence-corrected chi connectivity index (χ3v) is 3.52. The van der Waals surface area contributed by atoms with Gasteiger partial charge in [-0.3, -0.25) is 4.79 Å². The molecule has 0 unspecified atom stereocenters. The van der Waals surface area contributed by atoms with Crippen LogP contribution in [0.3, 0.4) is 0 Å². The summed E-state index contributed by atoms with van der Waals surface area (Å²) in [6.45, 7) is 4.08. The van der Waals surface area contributed by atoms with Crippen LogP contribution >= 0.6 is 0 Å². The van der Waals surface area contributed by atoms with Crippen LogP contribution in [-0.2, 0) is 4.79 Å². The summed E-state index contributed by atoms with van der Waals surface area (Å²) in [5.74, 6) is 0.206. The molecule has 0 aliphatic heterocycles. The number of nitrogens with one attached hydrogen (secondary N) is 1. The Morgan fingerprint density at radius 1 is 0.952 bits per heavy atom. The van der Waals surface area contributed by atoms with Gasteiger partial charge in [0.1, 0.15) is 0 Å². The van der Waals surface area contributed by atoms with Crippen molar-refractivity contribution in [2.75, 3.05) is 27.2 Å². The minimum absolute atomic E-state index is 0.206. The van der Waals surface area contributed by atoms with Gasteiger partial charge in [-0.15, -0.1) is 0 Å². The van der Waals surface area contributed by atoms with E-state index in [1.807, 2.05) is 0 Å². The monoisotopic (exact) mass is 296 g/mol. The highest BCUT2D eigenvalue weighted by Gasteiger charge is 1.99. The van der Waals surface area contributed by atoms with E-state index in [9.17, 15) is 4.79 Å². The van der Waals surface area contributed by atoms with Crippen molar-refractivity contribution >= 4 is 5.91 Å². The zero-order valence-electron chi connectivity index (χ0n) is 14.5. The lowest BCUT2D eigenvalue weighted by Crippen LogP contribution is -2.26. The normalized spacial score (nSPS) is 11.4. The SMILES string of the molecule is CCCCCCC=CCCCCC(=O)NCCCN(C)C. The summed E-state index contributed by atoms with van der Waals surface area (Å²) in [7, 11) is 4.11. The lowest BCUT2D eigenvalue weighted by molar-refractivity contribution is -0.121. The van der Waals surface area contributed by atoms with Gasteiger partial charge in [-0.25, -0.2) is 0 Å². The summed E-state index contributed by atoms with van der Waals surface area (Å²) in [5.41, 5.74) is 0. The van der Waals surface area contributed by atoms with E-state index in [4.69, 9.17) is 0 Å². The molecule has 0 aromatic heterocycles. The van der Waals surface area contributed by atoms with E-state index in [-0.39, 0.29) is 5.91 Å². The van der Waals surface area contributed by atoms with Crippen LogP contribution in [-0.4, -0.2) is 38.0 Å². The first-order chi connectivity index (χ1) is 10.2. The molecule has 0 saturated carbocycles. The van der Waals surface area contributed by atoms with Gasteiger partial charge >= 0.3 is 0 Å². The fraction of sp³-hybridized carbons (Fsp3) is 0.833. The fourth-order valence-corrected chi connectivity index (χ4v) is 2.18. The van der Waals surface area contributed by atoms with Crippen molar-refractivity contribution in [2.24, 2.45) is 0 Å². The molecular formula is C18H36N2O. The van der Waals surface area contributed by atoms with Crippen molar-refractivity contribution < 1.29 is 4.79 Å². The largest absolute Gasteiger partial charge is 0.356 e. The van der Waals surface area contributed by atoms with Gasteiger partial charge in [-0.2, -0.15) is 0 Å². The van der Waals surface area contributed by atoms with Gasteiger partial charge in [0.25, 0.3) is 0 Å². The summed E-state index contributed by atoms with van der Waals surface area (Å²) in [4.78, 5) is 13.7. The second-order valence-corrected chi connectivity index (χ2v) is 6.07. The topological polar surface area (TPSA) is 32.3 Å². The Morgan fingerprint density at radius 2 is 1.62 bits per heavy atom. The highest BCUT2D eigenvalue weighted by atomic mass is 16.1. The van der Waals surface area contributed by atoms with Crippen LogP contribution in [0.15, 0.2) is 12.2 Å². The Hall–Kier alpha value is -0.830. The summed E-state index contributed by atoms with van der Waals surface area (Å²) < 4.78 is 0. The molecule has 1 amide bonds. The van der Waals surface area contributed by atoms with Gasteiger partial charge in [0.15, 0.2) is 0 Å². The first kappa shape index (κ1) is 20.2. The number of unbranched alkanes of at least 4 members (excludes halogenated alkanes) is 6. The van der Waals surface area contributed by atoms with Crippen LogP contribution < -0.4 is 5.32 Å². The third-order valence-electron chi connectivity index (χ3n) is 3.52. The van der Waals surface area contributed by atoms with Crippen molar-refractivity contribution in [1.82, 2.24) is 10.2 Å². The average molecular weight is 296 g/mol. The highest BCUT2D eigenvalue weighted by Crippen LogP contribution is 2.05. The van der Waals surface area contributed by atoms with Crippen molar-refractivity contribution in [1.29, 1.82) is 0 Å². The van der Waals surface area contributed by atoms with Gasteiger partial charge < -0.3 is 10.2 Å². The lowest BCUT2D eigenvalue weighted by atomic mass is 10.1. The zero-order chi connectivity index (χ0) is 15.8. The molecule has 0 aliphatic carbocycles. The Balaban J connectivity index is 3.26. The number of amides is 1. The van der Waals surface area contributed by atoms with E-state index in [1.165, 1.54) is 32.1 Å². The van der Waals surface area contributed by atoms with E-state index in [0.29, 0.717) is 6.42 Å². The van der Waals surface area contributed by atoms with Crippen LogP contribution in [0.1, 0.15) is 71.1 Å². The first-order valence-electron chi connectivity index (χ1n) is 8.73. The van der Waals surface area contributed by atoms with E-state index in [0.717, 1.165) is 38.8 Å². The molecule has 3 nitrogen and oxygen atoms in total. The van der Waals surface area contributed by atoms with Gasteiger partial charge in [0, 0.05) is 13.0 Å². The van der Waals surface area contributed by atoms with Crippen LogP contribution in [0.2, 0.25) is 0 Å². The number of hydrogen-bond acceptors (Lipinski definition) is 2. The zero-order valence-corrected chi connectivity index (χ0v) is 14.5. The molecule has 0 saturated heterocycles. The Labute approximate surface area is 132 Å². The van der Waals surface area contributed by atoms with Crippen LogP contribution in [0, 0.1) is 0 Å². The molecule has 0 aromatic carbocycles. The molecule has 0 spiro atoms. The van der Waals surface area contributed by atoms with Gasteiger partial charge in [0.05, 0.1) is 0 Å². The molecule has 0 aromatic rings. The molecule has 0 heterocycles. The minimum atomic E-state index is 0.206. The Kier molecular flexibility index (Phi) is 14.9. The molecule has 1 N–H and O–H groups in total. The van der Waals surface area contributed by atoms with Gasteiger partial charge in [0.2, 0.25) is 5.91 Å². The second-order valence-electron chi connectivity index (χ2n) is 6.07. The maximum atomic E-state index is 11.6. The molecule has 21 heavy (non-hydrogen) atoms. The van der Waals surface area contributed by atoms with Crippen LogP contribution in [0.4, 0.5) is 0 Å². The molecular weight excluding hydrogens is 260 g/mol. The minimum Gasteiger partial charge on any atom is -0.356 e. The third kappa shape index (κ3) is 17.1. The van der Waals surface area contributed by atoms with E-state index >= 15 is 0 Å². The van der Waals surface area contributed by atoms with E-state index in [2.05, 4.69) is 43.4 Å². The smallest absolute Gasteiger partial charge is 0.219 e. The molecule has 0 bridgehead atoms. The number of nitrogens with zero attached hydrogens (tertiary/aromatic N) is 1. The number of carbonyl (C=O) groups excluding carboxylic acids is 1. The Morgan fingerprint density at radius 3 is 2.24 bits per heavy atom. The second kappa shape index (κ2) is 15.6. The summed E-state index contributed by atoms with van der Waals surface area (Å²) in [6.07, 6.45) is 16.1. The van der Waals surface area contributed by atoms with Crippen molar-refractivity contribution in [3.63, 3.8) is 0 Å².